The molecule has 0 atom stereocenters. The molecule has 1 amide bonds. The Morgan fingerprint density at radius 3 is 2.33 bits per heavy atom. The second kappa shape index (κ2) is 2.81. The zero-order valence-electron chi connectivity index (χ0n) is 6.97. The molecule has 0 fully saturated rings. The van der Waals surface area contributed by atoms with Crippen LogP contribution in [0.25, 0.3) is 0 Å². The molecule has 1 aromatic heterocycles. The Morgan fingerprint density at radius 1 is 1.42 bits per heavy atom. The van der Waals surface area contributed by atoms with Gasteiger partial charge in [-0.3, -0.25) is 9.59 Å². The second-order valence-corrected chi connectivity index (χ2v) is 2.68. The lowest BCUT2D eigenvalue weighted by molar-refractivity contribution is -0.114. The van der Waals surface area contributed by atoms with E-state index < -0.39 is 11.7 Å². The summed E-state index contributed by atoms with van der Waals surface area (Å²) in [6, 6.07) is 1.61. The Balaban J connectivity index is 3.11. The number of H-pyrrole nitrogens is 1. The summed E-state index contributed by atoms with van der Waals surface area (Å²) < 4.78 is 0. The van der Waals surface area contributed by atoms with E-state index in [1.54, 1.807) is 13.0 Å². The number of primary amides is 1. The number of rotatable bonds is 2. The number of amides is 1. The number of aromatic nitrogens is 1. The molecule has 0 aliphatic heterocycles. The predicted molar refractivity (Wildman–Crippen MR) is 43.8 cm³/mol. The fraction of sp³-hybridized carbons (Fsp3) is 0.250. The minimum Gasteiger partial charge on any atom is -0.363 e. The van der Waals surface area contributed by atoms with Gasteiger partial charge in [-0.2, -0.15) is 0 Å². The lowest BCUT2D eigenvalue weighted by atomic mass is 10.1. The van der Waals surface area contributed by atoms with Crippen molar-refractivity contribution in [2.75, 3.05) is 0 Å². The Morgan fingerprint density at radius 2 is 2.00 bits per heavy atom. The normalized spacial score (nSPS) is 9.83. The minimum atomic E-state index is -0.919. The molecule has 1 heterocycles. The number of hydrogen-bond donors (Lipinski definition) is 2. The van der Waals surface area contributed by atoms with Crippen LogP contribution in [0.5, 0.6) is 0 Å². The predicted octanol–water partition coefficient (Wildman–Crippen LogP) is 0.300. The van der Waals surface area contributed by atoms with Gasteiger partial charge < -0.3 is 10.7 Å². The van der Waals surface area contributed by atoms with Crippen molar-refractivity contribution < 1.29 is 9.59 Å². The summed E-state index contributed by atoms with van der Waals surface area (Å²) in [6.45, 7) is 3.54. The number of nitrogens with one attached hydrogen (secondary N) is 1. The molecule has 0 aromatic carbocycles. The number of hydrogen-bond acceptors (Lipinski definition) is 2. The maximum Gasteiger partial charge on any atom is 0.289 e. The first kappa shape index (κ1) is 8.52. The smallest absolute Gasteiger partial charge is 0.289 e. The minimum absolute atomic E-state index is 0.361. The lowest BCUT2D eigenvalue weighted by Gasteiger charge is -1.92. The molecule has 0 saturated heterocycles. The highest BCUT2D eigenvalue weighted by atomic mass is 16.2. The van der Waals surface area contributed by atoms with Crippen LogP contribution in [0.3, 0.4) is 0 Å². The van der Waals surface area contributed by atoms with Crippen LogP contribution < -0.4 is 5.73 Å². The number of carbonyl (C=O) groups excluding carboxylic acids is 2. The highest BCUT2D eigenvalue weighted by Crippen LogP contribution is 2.09. The second-order valence-electron chi connectivity index (χ2n) is 2.68. The standard InChI is InChI=1S/C8H10N2O2/c1-4-3-6(5(2)10-4)7(11)8(9)12/h3,10H,1-2H3,(H2,9,12). The Bertz CT molecular complexity index is 339. The maximum atomic E-state index is 11.1. The Hall–Kier alpha value is -1.58. The molecule has 0 spiro atoms. The first-order valence-electron chi connectivity index (χ1n) is 3.52. The SMILES string of the molecule is Cc1cc(C(=O)C(N)=O)c(C)[nH]1. The summed E-state index contributed by atoms with van der Waals surface area (Å²) >= 11 is 0. The van der Waals surface area contributed by atoms with Crippen LogP contribution in [0.4, 0.5) is 0 Å². The van der Waals surface area contributed by atoms with Crippen LogP contribution in [-0.4, -0.2) is 16.7 Å². The van der Waals surface area contributed by atoms with Crippen molar-refractivity contribution in [3.05, 3.63) is 23.0 Å². The van der Waals surface area contributed by atoms with Crippen LogP contribution in [0, 0.1) is 13.8 Å². The molecule has 64 valence electrons. The van der Waals surface area contributed by atoms with E-state index in [0.29, 0.717) is 11.3 Å². The van der Waals surface area contributed by atoms with Gasteiger partial charge in [-0.05, 0) is 19.9 Å². The highest BCUT2D eigenvalue weighted by Gasteiger charge is 2.15. The van der Waals surface area contributed by atoms with Crippen molar-refractivity contribution in [1.29, 1.82) is 0 Å². The van der Waals surface area contributed by atoms with Crippen LogP contribution in [0.15, 0.2) is 6.07 Å². The molecule has 4 heteroatoms. The van der Waals surface area contributed by atoms with Crippen molar-refractivity contribution in [3.63, 3.8) is 0 Å². The summed E-state index contributed by atoms with van der Waals surface area (Å²) in [6.07, 6.45) is 0. The van der Waals surface area contributed by atoms with Crippen molar-refractivity contribution in [2.24, 2.45) is 5.73 Å². The van der Waals surface area contributed by atoms with Crippen molar-refractivity contribution in [1.82, 2.24) is 4.98 Å². The number of ketones is 1. The molecule has 0 bridgehead atoms. The molecule has 0 saturated carbocycles. The van der Waals surface area contributed by atoms with Crippen LogP contribution in [-0.2, 0) is 4.79 Å². The lowest BCUT2D eigenvalue weighted by Crippen LogP contribution is -2.23. The highest BCUT2D eigenvalue weighted by molar-refractivity contribution is 6.42. The molecular formula is C8H10N2O2. The molecule has 0 unspecified atom stereocenters. The summed E-state index contributed by atoms with van der Waals surface area (Å²) in [5.74, 6) is -1.56. The van der Waals surface area contributed by atoms with Crippen LogP contribution >= 0.6 is 0 Å². The van der Waals surface area contributed by atoms with Gasteiger partial charge in [-0.15, -0.1) is 0 Å². The van der Waals surface area contributed by atoms with Gasteiger partial charge in [0.25, 0.3) is 11.7 Å². The monoisotopic (exact) mass is 166 g/mol. The third kappa shape index (κ3) is 1.37. The van der Waals surface area contributed by atoms with E-state index in [4.69, 9.17) is 5.73 Å². The molecule has 0 radical (unpaired) electrons. The van der Waals surface area contributed by atoms with E-state index in [2.05, 4.69) is 4.98 Å². The molecule has 1 rings (SSSR count). The van der Waals surface area contributed by atoms with Crippen molar-refractivity contribution in [3.8, 4) is 0 Å². The molecule has 0 aliphatic carbocycles. The topological polar surface area (TPSA) is 76.0 Å². The Labute approximate surface area is 69.8 Å². The average Bonchev–Trinajstić information content (AvgIpc) is 2.28. The fourth-order valence-electron chi connectivity index (χ4n) is 1.09. The van der Waals surface area contributed by atoms with Crippen molar-refractivity contribution >= 4 is 11.7 Å². The third-order valence-electron chi connectivity index (χ3n) is 1.62. The third-order valence-corrected chi connectivity index (χ3v) is 1.62. The molecule has 1 aromatic rings. The number of carbonyl (C=O) groups is 2. The number of Topliss-reactive ketones (excluding diaryl/α,β-unsaturated/α-hetero) is 1. The quantitative estimate of drug-likeness (QED) is 0.489. The molecule has 3 N–H and O–H groups in total. The van der Waals surface area contributed by atoms with E-state index in [1.165, 1.54) is 0 Å². The van der Waals surface area contributed by atoms with E-state index in [0.717, 1.165) is 5.69 Å². The van der Waals surface area contributed by atoms with Gasteiger partial charge in [-0.25, -0.2) is 0 Å². The van der Waals surface area contributed by atoms with Crippen LogP contribution in [0.1, 0.15) is 21.7 Å². The molecule has 4 nitrogen and oxygen atoms in total. The maximum absolute atomic E-state index is 11.1. The zero-order valence-corrected chi connectivity index (χ0v) is 6.97. The molecule has 12 heavy (non-hydrogen) atoms. The van der Waals surface area contributed by atoms with E-state index >= 15 is 0 Å². The average molecular weight is 166 g/mol. The van der Waals surface area contributed by atoms with E-state index in [-0.39, 0.29) is 0 Å². The molecule has 0 aliphatic rings. The Kier molecular flexibility index (Phi) is 1.99. The van der Waals surface area contributed by atoms with Gasteiger partial charge in [0, 0.05) is 17.0 Å². The van der Waals surface area contributed by atoms with Crippen LogP contribution in [0.2, 0.25) is 0 Å². The van der Waals surface area contributed by atoms with Gasteiger partial charge in [0.05, 0.1) is 0 Å². The summed E-state index contributed by atoms with van der Waals surface area (Å²) in [5, 5.41) is 0. The first-order valence-corrected chi connectivity index (χ1v) is 3.52. The van der Waals surface area contributed by atoms with Gasteiger partial charge in [0.15, 0.2) is 0 Å². The number of aryl methyl sites for hydroxylation is 2. The fourth-order valence-corrected chi connectivity index (χ4v) is 1.09. The summed E-state index contributed by atoms with van der Waals surface area (Å²) in [4.78, 5) is 24.5. The first-order chi connectivity index (χ1) is 5.52. The summed E-state index contributed by atoms with van der Waals surface area (Å²) in [5.41, 5.74) is 6.73. The summed E-state index contributed by atoms with van der Waals surface area (Å²) in [7, 11) is 0. The van der Waals surface area contributed by atoms with Gasteiger partial charge in [-0.1, -0.05) is 0 Å². The van der Waals surface area contributed by atoms with E-state index in [9.17, 15) is 9.59 Å². The molecular weight excluding hydrogens is 156 g/mol. The largest absolute Gasteiger partial charge is 0.363 e. The van der Waals surface area contributed by atoms with E-state index in [1.807, 2.05) is 6.92 Å². The zero-order chi connectivity index (χ0) is 9.30. The van der Waals surface area contributed by atoms with Gasteiger partial charge >= 0.3 is 0 Å². The number of aromatic amines is 1. The van der Waals surface area contributed by atoms with Gasteiger partial charge in [0.2, 0.25) is 0 Å². The number of nitrogens with two attached hydrogens (primary N) is 1. The van der Waals surface area contributed by atoms with Crippen molar-refractivity contribution in [2.45, 2.75) is 13.8 Å². The van der Waals surface area contributed by atoms with Gasteiger partial charge in [0.1, 0.15) is 0 Å².